The number of dihydropyridines is 1. The highest BCUT2D eigenvalue weighted by molar-refractivity contribution is 5.64. The van der Waals surface area contributed by atoms with E-state index in [0.29, 0.717) is 11.5 Å². The summed E-state index contributed by atoms with van der Waals surface area (Å²) < 4.78 is 40.5. The molecule has 0 aliphatic carbocycles. The maximum Gasteiger partial charge on any atom is 0.417 e. The minimum absolute atomic E-state index is 0.0464. The number of anilines is 2. The number of aryl methyl sites for hydroxylation is 1. The lowest BCUT2D eigenvalue weighted by Crippen LogP contribution is -2.18. The van der Waals surface area contributed by atoms with Crippen molar-refractivity contribution in [1.82, 2.24) is 30.5 Å². The maximum atomic E-state index is 13.5. The molecule has 4 rings (SSSR count). The summed E-state index contributed by atoms with van der Waals surface area (Å²) in [4.78, 5) is 12.8. The van der Waals surface area contributed by atoms with Crippen molar-refractivity contribution in [1.29, 1.82) is 0 Å². The molecule has 1 aliphatic heterocycles. The SMILES string of the molecule is Cc1nc(Nc2cc(C3C=CC=CN3)nc(-c3ccccc3C(F)(F)F)n2)n[nH]1. The van der Waals surface area contributed by atoms with Crippen molar-refractivity contribution in [2.45, 2.75) is 19.1 Å². The van der Waals surface area contributed by atoms with Crippen molar-refractivity contribution in [2.24, 2.45) is 0 Å². The minimum Gasteiger partial charge on any atom is -0.379 e. The zero-order chi connectivity index (χ0) is 20.4. The van der Waals surface area contributed by atoms with Gasteiger partial charge in [0.25, 0.3) is 0 Å². The Labute approximate surface area is 163 Å². The number of hydrogen-bond acceptors (Lipinski definition) is 6. The summed E-state index contributed by atoms with van der Waals surface area (Å²) in [7, 11) is 0. The lowest BCUT2D eigenvalue weighted by Gasteiger charge is -2.18. The van der Waals surface area contributed by atoms with Crippen LogP contribution in [0.15, 0.2) is 54.8 Å². The van der Waals surface area contributed by atoms with Gasteiger partial charge in [0.2, 0.25) is 5.95 Å². The molecule has 1 aromatic carbocycles. The van der Waals surface area contributed by atoms with Gasteiger partial charge in [0.05, 0.1) is 17.3 Å². The Morgan fingerprint density at radius 1 is 1.07 bits per heavy atom. The van der Waals surface area contributed by atoms with Gasteiger partial charge in [-0.3, -0.25) is 5.10 Å². The molecule has 0 amide bonds. The predicted octanol–water partition coefficient (Wildman–Crippen LogP) is 4.05. The Bertz CT molecular complexity index is 1090. The third-order valence-electron chi connectivity index (χ3n) is 4.16. The topological polar surface area (TPSA) is 91.4 Å². The first kappa shape index (κ1) is 18.7. The van der Waals surface area contributed by atoms with Crippen molar-refractivity contribution < 1.29 is 13.2 Å². The molecule has 0 saturated heterocycles. The van der Waals surface area contributed by atoms with Crippen LogP contribution in [0.2, 0.25) is 0 Å². The highest BCUT2D eigenvalue weighted by atomic mass is 19.4. The van der Waals surface area contributed by atoms with Crippen molar-refractivity contribution in [3.05, 3.63) is 71.8 Å². The van der Waals surface area contributed by atoms with Crippen molar-refractivity contribution in [3.8, 4) is 11.4 Å². The summed E-state index contributed by atoms with van der Waals surface area (Å²) in [6.45, 7) is 1.73. The molecule has 3 heterocycles. The van der Waals surface area contributed by atoms with E-state index in [9.17, 15) is 13.2 Å². The maximum absolute atomic E-state index is 13.5. The van der Waals surface area contributed by atoms with E-state index in [0.717, 1.165) is 6.07 Å². The van der Waals surface area contributed by atoms with Gasteiger partial charge in [0.15, 0.2) is 5.82 Å². The first-order chi connectivity index (χ1) is 13.9. The number of aromatic nitrogens is 5. The summed E-state index contributed by atoms with van der Waals surface area (Å²) in [6, 6.07) is 6.56. The van der Waals surface area contributed by atoms with E-state index in [2.05, 4.69) is 35.8 Å². The van der Waals surface area contributed by atoms with Gasteiger partial charge in [0.1, 0.15) is 11.6 Å². The van der Waals surface area contributed by atoms with E-state index >= 15 is 0 Å². The molecule has 0 fully saturated rings. The van der Waals surface area contributed by atoms with Gasteiger partial charge in [-0.25, -0.2) is 9.97 Å². The van der Waals surface area contributed by atoms with Crippen molar-refractivity contribution >= 4 is 11.8 Å². The number of allylic oxidation sites excluding steroid dienone is 2. The molecular weight excluding hydrogens is 383 g/mol. The van der Waals surface area contributed by atoms with Gasteiger partial charge < -0.3 is 10.6 Å². The second-order valence-corrected chi connectivity index (χ2v) is 6.30. The van der Waals surface area contributed by atoms with Gasteiger partial charge in [-0.05, 0) is 25.3 Å². The number of H-pyrrole nitrogens is 1. The molecule has 1 aliphatic rings. The lowest BCUT2D eigenvalue weighted by molar-refractivity contribution is -0.137. The number of nitrogens with one attached hydrogen (secondary N) is 3. The third kappa shape index (κ3) is 4.10. The molecule has 0 radical (unpaired) electrons. The molecule has 0 saturated carbocycles. The first-order valence-electron chi connectivity index (χ1n) is 8.71. The van der Waals surface area contributed by atoms with Gasteiger partial charge in [-0.1, -0.05) is 30.4 Å². The van der Waals surface area contributed by atoms with Gasteiger partial charge in [-0.2, -0.15) is 18.2 Å². The fourth-order valence-electron chi connectivity index (χ4n) is 2.88. The minimum atomic E-state index is -4.53. The fraction of sp³-hybridized carbons (Fsp3) is 0.158. The van der Waals surface area contributed by atoms with Gasteiger partial charge in [0, 0.05) is 11.6 Å². The standard InChI is InChI=1S/C19H16F3N7/c1-11-24-18(29-28-11)27-16-10-15(14-8-4-5-9-23-14)25-17(26-16)12-6-2-3-7-13(12)19(20,21)22/h2-10,14,23H,1H3,(H2,24,25,26,27,28,29). The second-order valence-electron chi connectivity index (χ2n) is 6.30. The molecule has 3 aromatic rings. The quantitative estimate of drug-likeness (QED) is 0.613. The number of alkyl halides is 3. The van der Waals surface area contributed by atoms with Crippen LogP contribution in [0.3, 0.4) is 0 Å². The third-order valence-corrected chi connectivity index (χ3v) is 4.16. The number of hydrogen-bond donors (Lipinski definition) is 3. The molecule has 10 heteroatoms. The van der Waals surface area contributed by atoms with E-state index in [1.807, 2.05) is 18.2 Å². The van der Waals surface area contributed by atoms with Crippen LogP contribution < -0.4 is 10.6 Å². The number of halogens is 3. The van der Waals surface area contributed by atoms with Gasteiger partial charge in [-0.15, -0.1) is 5.10 Å². The van der Waals surface area contributed by atoms with Crippen molar-refractivity contribution in [3.63, 3.8) is 0 Å². The average Bonchev–Trinajstić information content (AvgIpc) is 3.12. The van der Waals surface area contributed by atoms with Crippen LogP contribution in [0.1, 0.15) is 23.1 Å². The summed E-state index contributed by atoms with van der Waals surface area (Å²) in [5, 5.41) is 12.7. The second kappa shape index (κ2) is 7.38. The van der Waals surface area contributed by atoms with Crippen LogP contribution in [-0.2, 0) is 6.18 Å². The van der Waals surface area contributed by atoms with E-state index in [1.165, 1.54) is 18.2 Å². The Morgan fingerprint density at radius 3 is 2.59 bits per heavy atom. The lowest BCUT2D eigenvalue weighted by atomic mass is 10.1. The van der Waals surface area contributed by atoms with Crippen LogP contribution in [0.5, 0.6) is 0 Å². The van der Waals surface area contributed by atoms with Crippen LogP contribution in [0, 0.1) is 6.92 Å². The summed E-state index contributed by atoms with van der Waals surface area (Å²) >= 11 is 0. The molecule has 1 atom stereocenters. The number of benzene rings is 1. The van der Waals surface area contributed by atoms with E-state index in [4.69, 9.17) is 0 Å². The number of nitrogens with zero attached hydrogens (tertiary/aromatic N) is 4. The zero-order valence-corrected chi connectivity index (χ0v) is 15.2. The Balaban J connectivity index is 1.82. The van der Waals surface area contributed by atoms with E-state index in [-0.39, 0.29) is 29.2 Å². The van der Waals surface area contributed by atoms with Crippen LogP contribution in [0.25, 0.3) is 11.4 Å². The van der Waals surface area contributed by atoms with Crippen LogP contribution in [0.4, 0.5) is 24.9 Å². The van der Waals surface area contributed by atoms with Gasteiger partial charge >= 0.3 is 6.18 Å². The van der Waals surface area contributed by atoms with Crippen molar-refractivity contribution in [2.75, 3.05) is 5.32 Å². The molecule has 3 N–H and O–H groups in total. The van der Waals surface area contributed by atoms with E-state index in [1.54, 1.807) is 19.2 Å². The summed E-state index contributed by atoms with van der Waals surface area (Å²) in [5.74, 6) is 1.08. The largest absolute Gasteiger partial charge is 0.417 e. The average molecular weight is 399 g/mol. The molecule has 7 nitrogen and oxygen atoms in total. The Kier molecular flexibility index (Phi) is 4.75. The van der Waals surface area contributed by atoms with E-state index < -0.39 is 11.7 Å². The molecule has 0 bridgehead atoms. The fourth-order valence-corrected chi connectivity index (χ4v) is 2.88. The normalized spacial score (nSPS) is 15.9. The predicted molar refractivity (Wildman–Crippen MR) is 101 cm³/mol. The first-order valence-corrected chi connectivity index (χ1v) is 8.71. The molecule has 1 unspecified atom stereocenters. The highest BCUT2D eigenvalue weighted by Crippen LogP contribution is 2.36. The smallest absolute Gasteiger partial charge is 0.379 e. The highest BCUT2D eigenvalue weighted by Gasteiger charge is 2.34. The molecule has 148 valence electrons. The number of rotatable bonds is 4. The Hall–Kier alpha value is -3.69. The van der Waals surface area contributed by atoms with Crippen LogP contribution >= 0.6 is 0 Å². The molecule has 29 heavy (non-hydrogen) atoms. The monoisotopic (exact) mass is 399 g/mol. The molecule has 0 spiro atoms. The Morgan fingerprint density at radius 2 is 1.90 bits per heavy atom. The summed E-state index contributed by atoms with van der Waals surface area (Å²) in [5.41, 5.74) is -0.405. The molecule has 2 aromatic heterocycles. The zero-order valence-electron chi connectivity index (χ0n) is 15.2. The number of aromatic amines is 1. The van der Waals surface area contributed by atoms with Crippen LogP contribution in [-0.4, -0.2) is 25.1 Å². The molecular formula is C19H16F3N7. The summed E-state index contributed by atoms with van der Waals surface area (Å²) in [6.07, 6.45) is 2.70.